The number of cyclic esters (lactones) is 1. The summed E-state index contributed by atoms with van der Waals surface area (Å²) in [6, 6.07) is 7.20. The van der Waals surface area contributed by atoms with E-state index in [1.807, 2.05) is 18.5 Å². The number of aromatic nitrogens is 3. The summed E-state index contributed by atoms with van der Waals surface area (Å²) in [4.78, 5) is 56.6. The van der Waals surface area contributed by atoms with Crippen LogP contribution in [0.5, 0.6) is 0 Å². The number of hydrazine groups is 1. The Morgan fingerprint density at radius 2 is 1.95 bits per heavy atom. The molecule has 3 fully saturated rings. The summed E-state index contributed by atoms with van der Waals surface area (Å²) in [6.45, 7) is 13.6. The Kier molecular flexibility index (Phi) is 12.1. The summed E-state index contributed by atoms with van der Waals surface area (Å²) in [6.07, 6.45) is 10.9. The van der Waals surface area contributed by atoms with Gasteiger partial charge < -0.3 is 29.2 Å². The van der Waals surface area contributed by atoms with Crippen LogP contribution in [0, 0.1) is 29.6 Å². The number of nitrogens with one attached hydrogen (secondary N) is 2. The number of rotatable bonds is 7. The number of nitrogens with zero attached hydrogens (tertiary/aromatic N) is 6. The van der Waals surface area contributed by atoms with Crippen molar-refractivity contribution in [2.75, 3.05) is 58.4 Å². The van der Waals surface area contributed by atoms with Gasteiger partial charge in [0.05, 0.1) is 52.6 Å². The van der Waals surface area contributed by atoms with Gasteiger partial charge in [-0.2, -0.15) is 0 Å². The van der Waals surface area contributed by atoms with E-state index in [4.69, 9.17) is 25.9 Å². The fraction of sp³-hybridized carbons (Fsp3) is 0.543. The highest BCUT2D eigenvalue weighted by Gasteiger charge is 2.40. The van der Waals surface area contributed by atoms with Crippen molar-refractivity contribution in [1.82, 2.24) is 35.2 Å². The first-order chi connectivity index (χ1) is 28.9. The molecule has 2 N–H and O–H groups in total. The number of amides is 2. The molecule has 5 atom stereocenters. The number of fused-ring (bicyclic) bond motifs is 6. The molecule has 6 heterocycles. The number of hydrogen-bond donors (Lipinski definition) is 2. The van der Waals surface area contributed by atoms with Crippen molar-refractivity contribution < 1.29 is 23.9 Å². The van der Waals surface area contributed by atoms with E-state index in [0.29, 0.717) is 32.2 Å². The summed E-state index contributed by atoms with van der Waals surface area (Å²) < 4.78 is 14.5. The molecule has 318 valence electrons. The van der Waals surface area contributed by atoms with Gasteiger partial charge in [-0.1, -0.05) is 19.9 Å². The topological polar surface area (TPSA) is 134 Å². The first kappa shape index (κ1) is 41.9. The molecule has 0 spiro atoms. The molecule has 6 bridgehead atoms. The number of carbonyl (C=O) groups is 3. The van der Waals surface area contributed by atoms with E-state index >= 15 is 0 Å². The summed E-state index contributed by atoms with van der Waals surface area (Å²) in [5, 5.41) is 8.35. The molecule has 8 rings (SSSR count). The first-order valence-corrected chi connectivity index (χ1v) is 22.3. The lowest BCUT2D eigenvalue weighted by atomic mass is 9.73. The van der Waals surface area contributed by atoms with Crippen molar-refractivity contribution in [3.63, 3.8) is 0 Å². The number of terminal acetylenes is 1. The van der Waals surface area contributed by atoms with Crippen molar-refractivity contribution in [1.29, 1.82) is 0 Å². The van der Waals surface area contributed by atoms with Crippen LogP contribution in [-0.2, 0) is 43.2 Å². The quantitative estimate of drug-likeness (QED) is 0.179. The maximum absolute atomic E-state index is 14.2. The Bertz CT molecular complexity index is 2300. The number of carbonyl (C=O) groups excluding carboxylic acids is 3. The van der Waals surface area contributed by atoms with E-state index in [9.17, 15) is 14.4 Å². The van der Waals surface area contributed by atoms with Gasteiger partial charge in [0.25, 0.3) is 5.91 Å². The molecule has 4 aliphatic rings. The number of piperazine rings is 1. The molecule has 1 aliphatic carbocycles. The van der Waals surface area contributed by atoms with Crippen molar-refractivity contribution in [2.24, 2.45) is 17.3 Å². The van der Waals surface area contributed by atoms with E-state index in [0.717, 1.165) is 94.5 Å². The van der Waals surface area contributed by atoms with Crippen LogP contribution >= 0.6 is 11.3 Å². The molecule has 14 heteroatoms. The van der Waals surface area contributed by atoms with Crippen molar-refractivity contribution in [3.05, 3.63) is 52.1 Å². The number of pyridine rings is 1. The van der Waals surface area contributed by atoms with Crippen molar-refractivity contribution >= 4 is 45.7 Å². The van der Waals surface area contributed by atoms with Crippen LogP contribution in [0.2, 0.25) is 0 Å². The lowest BCUT2D eigenvalue weighted by Gasteiger charge is -2.37. The third-order valence-corrected chi connectivity index (χ3v) is 13.8. The molecule has 4 aromatic rings. The number of anilines is 1. The smallest absolute Gasteiger partial charge is 0.324 e. The highest BCUT2D eigenvalue weighted by Crippen LogP contribution is 2.43. The van der Waals surface area contributed by atoms with Gasteiger partial charge in [-0.05, 0) is 76.8 Å². The lowest BCUT2D eigenvalue weighted by Crippen LogP contribution is -2.61. The molecule has 2 amide bonds. The number of likely N-dealkylation sites (N-methyl/N-ethyl adjacent to an activating group) is 1. The zero-order valence-corrected chi connectivity index (χ0v) is 36.6. The molecule has 2 saturated heterocycles. The number of ether oxygens (including phenoxy) is 2. The van der Waals surface area contributed by atoms with Crippen LogP contribution in [0.1, 0.15) is 75.7 Å². The van der Waals surface area contributed by atoms with E-state index in [1.165, 1.54) is 16.3 Å². The zero-order chi connectivity index (χ0) is 42.3. The van der Waals surface area contributed by atoms with Crippen molar-refractivity contribution in [2.45, 2.75) is 91.0 Å². The van der Waals surface area contributed by atoms with Gasteiger partial charge in [-0.25, -0.2) is 10.4 Å². The van der Waals surface area contributed by atoms with E-state index in [2.05, 4.69) is 83.1 Å². The Morgan fingerprint density at radius 1 is 1.15 bits per heavy atom. The van der Waals surface area contributed by atoms with E-state index < -0.39 is 23.5 Å². The maximum Gasteiger partial charge on any atom is 0.324 e. The monoisotopic (exact) mass is 834 g/mol. The molecule has 3 aromatic heterocycles. The Morgan fingerprint density at radius 3 is 2.67 bits per heavy atom. The average molecular weight is 835 g/mol. The fourth-order valence-electron chi connectivity index (χ4n) is 9.13. The highest BCUT2D eigenvalue weighted by atomic mass is 32.1. The molecule has 0 unspecified atom stereocenters. The number of benzene rings is 1. The molecule has 0 radical (unpaired) electrons. The molecule has 60 heavy (non-hydrogen) atoms. The van der Waals surface area contributed by atoms with Gasteiger partial charge >= 0.3 is 5.97 Å². The van der Waals surface area contributed by atoms with Crippen LogP contribution in [0.4, 0.5) is 5.69 Å². The normalized spacial score (nSPS) is 24.3. The van der Waals surface area contributed by atoms with Gasteiger partial charge in [-0.15, -0.1) is 23.7 Å². The summed E-state index contributed by atoms with van der Waals surface area (Å²) in [7, 11) is 3.89. The second-order valence-corrected chi connectivity index (χ2v) is 18.7. The summed E-state index contributed by atoms with van der Waals surface area (Å²) in [5.41, 5.74) is 10.7. The van der Waals surface area contributed by atoms with Gasteiger partial charge in [-0.3, -0.25) is 24.4 Å². The average Bonchev–Trinajstić information content (AvgIpc) is 3.83. The van der Waals surface area contributed by atoms with E-state index in [1.54, 1.807) is 7.11 Å². The largest absolute Gasteiger partial charge is 0.464 e. The summed E-state index contributed by atoms with van der Waals surface area (Å²) in [5.74, 6) is 1.31. The summed E-state index contributed by atoms with van der Waals surface area (Å²) >= 11 is 1.47. The second-order valence-electron chi connectivity index (χ2n) is 17.7. The third-order valence-electron chi connectivity index (χ3n) is 12.9. The SMILES string of the molecule is C#C[C@@H]1CC[C@H]1C(=O)N[C@H]1Cc2nc(cs2)-c2ccc3c(c2)c(c(-c2cc(N4CCN(C)CC4)cnc2[C@H](C)OC)n3CC)CC(C)(C)COC(=O)[C@@H]2CCCN(N2)C1=O. The van der Waals surface area contributed by atoms with Crippen LogP contribution < -0.4 is 15.6 Å². The minimum absolute atomic E-state index is 0.141. The third kappa shape index (κ3) is 8.29. The molecule has 1 saturated carbocycles. The van der Waals surface area contributed by atoms with Crippen LogP contribution in [0.3, 0.4) is 0 Å². The number of thiazole rings is 1. The lowest BCUT2D eigenvalue weighted by molar-refractivity contribution is -0.155. The number of methoxy groups -OCH3 is 1. The zero-order valence-electron chi connectivity index (χ0n) is 35.8. The number of hydrogen-bond acceptors (Lipinski definition) is 11. The molecule has 13 nitrogen and oxygen atoms in total. The molecular formula is C46H58N8O5S. The predicted octanol–water partition coefficient (Wildman–Crippen LogP) is 5.61. The Hall–Kier alpha value is -4.81. The highest BCUT2D eigenvalue weighted by molar-refractivity contribution is 7.10. The van der Waals surface area contributed by atoms with Gasteiger partial charge in [0.1, 0.15) is 12.1 Å². The Labute approximate surface area is 357 Å². The first-order valence-electron chi connectivity index (χ1n) is 21.4. The standard InChI is InChI=1S/C46H58N8O5S/c1-8-29-12-14-32(29)43(55)49-37-23-40-48-38(26-60-40)30-13-15-39-33(21-30)35(24-46(4,5)27-59-45(57)36-11-10-16-54(50-36)44(37)56)42(53(39)9-2)34-22-31(25-47-41(34)28(3)58-7)52-19-17-51(6)18-20-52/h1,13,15,21-22,25-26,28-29,32,36-37,50H,9-12,14,16-20,23-24,27H2,2-7H3,(H,49,55)/t28-,29+,32+,36-,37-/m0/s1. The fourth-order valence-corrected chi connectivity index (χ4v) is 9.98. The van der Waals surface area contributed by atoms with Gasteiger partial charge in [0.15, 0.2) is 0 Å². The number of esters is 1. The van der Waals surface area contributed by atoms with Crippen LogP contribution in [-0.4, -0.2) is 108 Å². The van der Waals surface area contributed by atoms with Crippen molar-refractivity contribution in [3.8, 4) is 34.9 Å². The second kappa shape index (κ2) is 17.3. The predicted molar refractivity (Wildman–Crippen MR) is 234 cm³/mol. The minimum atomic E-state index is -0.898. The molecule has 1 aromatic carbocycles. The molecular weight excluding hydrogens is 777 g/mol. The van der Waals surface area contributed by atoms with E-state index in [-0.39, 0.29) is 42.8 Å². The number of aryl methyl sites for hydroxylation is 1. The van der Waals surface area contributed by atoms with Crippen LogP contribution in [0.15, 0.2) is 35.8 Å². The minimum Gasteiger partial charge on any atom is -0.464 e. The van der Waals surface area contributed by atoms with Gasteiger partial charge in [0, 0.05) is 91.5 Å². The Balaban J connectivity index is 1.25. The maximum atomic E-state index is 14.2. The van der Waals surface area contributed by atoms with Crippen LogP contribution in [0.25, 0.3) is 33.4 Å². The molecule has 3 aliphatic heterocycles. The van der Waals surface area contributed by atoms with Gasteiger partial charge in [0.2, 0.25) is 5.91 Å².